The summed E-state index contributed by atoms with van der Waals surface area (Å²) >= 11 is 11.3. The summed E-state index contributed by atoms with van der Waals surface area (Å²) in [5.41, 5.74) is 0.529. The van der Waals surface area contributed by atoms with Crippen LogP contribution in [0.4, 0.5) is 0 Å². The summed E-state index contributed by atoms with van der Waals surface area (Å²) in [7, 11) is 1.46. The van der Waals surface area contributed by atoms with Crippen molar-refractivity contribution in [3.8, 4) is 6.01 Å². The highest BCUT2D eigenvalue weighted by atomic mass is 35.5. The molecule has 5 nitrogen and oxygen atoms in total. The summed E-state index contributed by atoms with van der Waals surface area (Å²) in [5.74, 6) is 0. The van der Waals surface area contributed by atoms with Crippen LogP contribution in [0.3, 0.4) is 0 Å². The van der Waals surface area contributed by atoms with Crippen molar-refractivity contribution >= 4 is 34.1 Å². The molecule has 0 bridgehead atoms. The van der Waals surface area contributed by atoms with Gasteiger partial charge in [0.2, 0.25) is 0 Å². The second kappa shape index (κ2) is 3.67. The highest BCUT2D eigenvalue weighted by Gasteiger charge is 2.15. The molecule has 0 aliphatic rings. The van der Waals surface area contributed by atoms with Crippen molar-refractivity contribution in [1.29, 1.82) is 0 Å². The van der Waals surface area contributed by atoms with Gasteiger partial charge in [0.05, 0.1) is 17.7 Å². The van der Waals surface area contributed by atoms with E-state index in [1.165, 1.54) is 17.6 Å². The van der Waals surface area contributed by atoms with E-state index < -0.39 is 5.24 Å². The van der Waals surface area contributed by atoms with E-state index in [-0.39, 0.29) is 10.6 Å². The van der Waals surface area contributed by atoms with Gasteiger partial charge >= 0.3 is 6.01 Å². The average molecular weight is 246 g/mol. The lowest BCUT2D eigenvalue weighted by Crippen LogP contribution is -1.96. The second-order valence-electron chi connectivity index (χ2n) is 2.70. The molecular formula is C8H5Cl2N3O2. The first-order chi connectivity index (χ1) is 7.15. The van der Waals surface area contributed by atoms with Gasteiger partial charge in [-0.25, -0.2) is 0 Å². The fourth-order valence-corrected chi connectivity index (χ4v) is 1.68. The molecule has 2 rings (SSSR count). The number of methoxy groups -OCH3 is 1. The molecule has 0 aliphatic heterocycles. The maximum atomic E-state index is 11.0. The van der Waals surface area contributed by atoms with Gasteiger partial charge in [0, 0.05) is 6.20 Å². The Morgan fingerprint density at radius 3 is 2.87 bits per heavy atom. The van der Waals surface area contributed by atoms with Gasteiger partial charge in [-0.05, 0) is 17.7 Å². The fraction of sp³-hybridized carbons (Fsp3) is 0.125. The topological polar surface area (TPSA) is 56.5 Å². The Morgan fingerprint density at radius 2 is 2.27 bits per heavy atom. The van der Waals surface area contributed by atoms with Gasteiger partial charge in [-0.1, -0.05) is 16.7 Å². The maximum Gasteiger partial charge on any atom is 0.321 e. The molecule has 2 aromatic heterocycles. The van der Waals surface area contributed by atoms with Crippen LogP contribution in [0.1, 0.15) is 10.4 Å². The Balaban J connectivity index is 2.75. The monoisotopic (exact) mass is 245 g/mol. The van der Waals surface area contributed by atoms with Crippen molar-refractivity contribution in [1.82, 2.24) is 14.6 Å². The third-order valence-corrected chi connectivity index (χ3v) is 2.46. The molecule has 0 atom stereocenters. The predicted molar refractivity (Wildman–Crippen MR) is 54.7 cm³/mol. The summed E-state index contributed by atoms with van der Waals surface area (Å²) < 4.78 is 6.46. The van der Waals surface area contributed by atoms with Crippen LogP contribution in [-0.4, -0.2) is 27.0 Å². The molecule has 0 aliphatic carbocycles. The summed E-state index contributed by atoms with van der Waals surface area (Å²) in [5, 5.41) is 7.03. The normalized spacial score (nSPS) is 10.6. The molecule has 0 N–H and O–H groups in total. The van der Waals surface area contributed by atoms with Crippen LogP contribution in [0.15, 0.2) is 12.3 Å². The smallest absolute Gasteiger partial charge is 0.321 e. The minimum Gasteiger partial charge on any atom is -0.467 e. The van der Waals surface area contributed by atoms with Gasteiger partial charge in [0.25, 0.3) is 5.24 Å². The van der Waals surface area contributed by atoms with Crippen LogP contribution in [-0.2, 0) is 0 Å². The quantitative estimate of drug-likeness (QED) is 0.757. The molecule has 2 heterocycles. The summed E-state index contributed by atoms with van der Waals surface area (Å²) in [6.07, 6.45) is 1.57. The molecule has 0 unspecified atom stereocenters. The summed E-state index contributed by atoms with van der Waals surface area (Å²) in [6, 6.07) is 1.77. The molecule has 78 valence electrons. The number of nitrogens with zero attached hydrogens (tertiary/aromatic N) is 3. The first-order valence-corrected chi connectivity index (χ1v) is 4.68. The van der Waals surface area contributed by atoms with Gasteiger partial charge < -0.3 is 4.74 Å². The standard InChI is InChI=1S/C8H5Cl2N3O2/c1-15-8-12-11-7-5(9)4(6(10)14)2-3-13(7)8/h2-3H,1H3. The van der Waals surface area contributed by atoms with Gasteiger partial charge in [-0.15, -0.1) is 5.10 Å². The molecule has 2 aromatic rings. The largest absolute Gasteiger partial charge is 0.467 e. The molecule has 0 spiro atoms. The molecule has 0 radical (unpaired) electrons. The van der Waals surface area contributed by atoms with E-state index in [2.05, 4.69) is 10.2 Å². The molecule has 0 fully saturated rings. The third kappa shape index (κ3) is 1.53. The molecule has 15 heavy (non-hydrogen) atoms. The van der Waals surface area contributed by atoms with Gasteiger partial charge in [-0.3, -0.25) is 9.20 Å². The van der Waals surface area contributed by atoms with Crippen molar-refractivity contribution < 1.29 is 9.53 Å². The van der Waals surface area contributed by atoms with E-state index in [9.17, 15) is 4.79 Å². The minimum absolute atomic E-state index is 0.160. The van der Waals surface area contributed by atoms with Crippen LogP contribution in [0.5, 0.6) is 6.01 Å². The van der Waals surface area contributed by atoms with Crippen molar-refractivity contribution in [2.24, 2.45) is 0 Å². The number of rotatable bonds is 2. The third-order valence-electron chi connectivity index (χ3n) is 1.88. The lowest BCUT2D eigenvalue weighted by Gasteiger charge is -2.01. The van der Waals surface area contributed by atoms with E-state index in [1.807, 2.05) is 0 Å². The van der Waals surface area contributed by atoms with Crippen molar-refractivity contribution in [2.45, 2.75) is 0 Å². The van der Waals surface area contributed by atoms with E-state index in [4.69, 9.17) is 27.9 Å². The van der Waals surface area contributed by atoms with Crippen molar-refractivity contribution in [2.75, 3.05) is 7.11 Å². The minimum atomic E-state index is -0.635. The number of carbonyl (C=O) groups is 1. The number of ether oxygens (including phenoxy) is 1. The predicted octanol–water partition coefficient (Wildman–Crippen LogP) is 1.77. The Bertz CT molecular complexity index is 538. The van der Waals surface area contributed by atoms with Crippen molar-refractivity contribution in [3.63, 3.8) is 0 Å². The van der Waals surface area contributed by atoms with Gasteiger partial charge in [0.15, 0.2) is 5.65 Å². The highest BCUT2D eigenvalue weighted by molar-refractivity contribution is 6.69. The molecule has 0 saturated heterocycles. The zero-order chi connectivity index (χ0) is 11.0. The Kier molecular flexibility index (Phi) is 2.50. The summed E-state index contributed by atoms with van der Waals surface area (Å²) in [4.78, 5) is 11.0. The highest BCUT2D eigenvalue weighted by Crippen LogP contribution is 2.24. The van der Waals surface area contributed by atoms with Crippen LogP contribution in [0, 0.1) is 0 Å². The molecule has 7 heteroatoms. The van der Waals surface area contributed by atoms with Crippen molar-refractivity contribution in [3.05, 3.63) is 22.8 Å². The fourth-order valence-electron chi connectivity index (χ4n) is 1.19. The van der Waals surface area contributed by atoms with Gasteiger partial charge in [-0.2, -0.15) is 0 Å². The molecule has 0 saturated carbocycles. The molecule has 0 amide bonds. The lowest BCUT2D eigenvalue weighted by atomic mass is 10.3. The first-order valence-electron chi connectivity index (χ1n) is 3.92. The number of hydrogen-bond acceptors (Lipinski definition) is 4. The van der Waals surface area contributed by atoms with Crippen LogP contribution in [0.2, 0.25) is 5.02 Å². The first kappa shape index (κ1) is 10.2. The van der Waals surface area contributed by atoms with Crippen LogP contribution >= 0.6 is 23.2 Å². The number of aromatic nitrogens is 3. The number of hydrogen-bond donors (Lipinski definition) is 0. The molecule has 0 aromatic carbocycles. The van der Waals surface area contributed by atoms with E-state index >= 15 is 0 Å². The van der Waals surface area contributed by atoms with E-state index in [0.717, 1.165) is 0 Å². The number of pyridine rings is 1. The Hall–Kier alpha value is -1.33. The van der Waals surface area contributed by atoms with Gasteiger partial charge in [0.1, 0.15) is 0 Å². The van der Waals surface area contributed by atoms with Crippen LogP contribution < -0.4 is 4.74 Å². The molecular weight excluding hydrogens is 241 g/mol. The lowest BCUT2D eigenvalue weighted by molar-refractivity contribution is 0.108. The number of carbonyl (C=O) groups excluding carboxylic acids is 1. The Labute approximate surface area is 94.6 Å². The number of fused-ring (bicyclic) bond motifs is 1. The zero-order valence-corrected chi connectivity index (χ0v) is 9.08. The maximum absolute atomic E-state index is 11.0. The zero-order valence-electron chi connectivity index (χ0n) is 7.57. The van der Waals surface area contributed by atoms with E-state index in [0.29, 0.717) is 11.7 Å². The SMILES string of the molecule is COc1nnc2c(Cl)c(C(=O)Cl)ccn12. The van der Waals surface area contributed by atoms with E-state index in [1.54, 1.807) is 6.20 Å². The Morgan fingerprint density at radius 1 is 1.53 bits per heavy atom. The number of halogens is 2. The van der Waals surface area contributed by atoms with Crippen LogP contribution in [0.25, 0.3) is 5.65 Å². The average Bonchev–Trinajstić information content (AvgIpc) is 2.61. The second-order valence-corrected chi connectivity index (χ2v) is 3.42. The summed E-state index contributed by atoms with van der Waals surface area (Å²) in [6.45, 7) is 0.